The van der Waals surface area contributed by atoms with Crippen LogP contribution in [0.3, 0.4) is 0 Å². The number of nitrogens with zero attached hydrogens (tertiary/aromatic N) is 3. The molecule has 2 fully saturated rings. The van der Waals surface area contributed by atoms with E-state index in [2.05, 4.69) is 15.5 Å². The molecular formula is C33H45N5O6. The molecule has 4 amide bonds. The number of carbonyl (C=O) groups is 4. The minimum absolute atomic E-state index is 0.0189. The van der Waals surface area contributed by atoms with Gasteiger partial charge in [-0.25, -0.2) is 4.79 Å². The zero-order valence-corrected chi connectivity index (χ0v) is 26.2. The molecule has 0 aliphatic carbocycles. The summed E-state index contributed by atoms with van der Waals surface area (Å²) >= 11 is 0. The zero-order chi connectivity index (χ0) is 31.9. The Balaban J connectivity index is 1.56. The van der Waals surface area contributed by atoms with E-state index in [1.165, 1.54) is 0 Å². The van der Waals surface area contributed by atoms with E-state index in [1.54, 1.807) is 12.1 Å². The standard InChI is InChI=1S/C33H45N5O6/c1-23-6-8-24(9-7-23)26(21-30(40)41)35-31(42)25-10-11-28(27(20-25)34-29(39)22-33(2,3)4)36-12-5-13-37(15-14-36)32(43)38-16-18-44-19-17-38/h6-11,20,26H,5,12-19,21-22H2,1-4H3,(H,34,39)(H,35,42)(H,40,41). The Morgan fingerprint density at radius 1 is 0.909 bits per heavy atom. The Hall–Kier alpha value is -4.12. The number of hydrogen-bond acceptors (Lipinski definition) is 6. The number of benzene rings is 2. The van der Waals surface area contributed by atoms with Gasteiger partial charge < -0.3 is 35.2 Å². The fraction of sp³-hybridized carbons (Fsp3) is 0.515. The SMILES string of the molecule is Cc1ccc(C(CC(=O)O)NC(=O)c2ccc(N3CCCN(C(=O)N4CCOCC4)CC3)c(NC(=O)CC(C)(C)C)c2)cc1. The van der Waals surface area contributed by atoms with Crippen LogP contribution < -0.4 is 15.5 Å². The van der Waals surface area contributed by atoms with E-state index in [9.17, 15) is 24.3 Å². The minimum Gasteiger partial charge on any atom is -0.481 e. The van der Waals surface area contributed by atoms with Gasteiger partial charge in [-0.1, -0.05) is 50.6 Å². The van der Waals surface area contributed by atoms with Gasteiger partial charge in [0.2, 0.25) is 5.91 Å². The van der Waals surface area contributed by atoms with Crippen LogP contribution in [0.15, 0.2) is 42.5 Å². The summed E-state index contributed by atoms with van der Waals surface area (Å²) in [4.78, 5) is 57.1. The number of urea groups is 1. The monoisotopic (exact) mass is 607 g/mol. The number of morpholine rings is 1. The number of anilines is 2. The normalized spacial score (nSPS) is 16.6. The molecule has 44 heavy (non-hydrogen) atoms. The maximum atomic E-state index is 13.5. The molecule has 2 aliphatic rings. The van der Waals surface area contributed by atoms with Crippen LogP contribution in [-0.2, 0) is 14.3 Å². The zero-order valence-electron chi connectivity index (χ0n) is 26.2. The van der Waals surface area contributed by atoms with Crippen LogP contribution in [0.4, 0.5) is 16.2 Å². The first kappa shape index (κ1) is 32.8. The van der Waals surface area contributed by atoms with Gasteiger partial charge in [-0.2, -0.15) is 0 Å². The van der Waals surface area contributed by atoms with Gasteiger partial charge in [-0.3, -0.25) is 14.4 Å². The highest BCUT2D eigenvalue weighted by Gasteiger charge is 2.27. The summed E-state index contributed by atoms with van der Waals surface area (Å²) in [6.45, 7) is 12.6. The molecular weight excluding hydrogens is 562 g/mol. The highest BCUT2D eigenvalue weighted by Crippen LogP contribution is 2.30. The third-order valence-electron chi connectivity index (χ3n) is 7.78. The summed E-state index contributed by atoms with van der Waals surface area (Å²) in [5.41, 5.74) is 3.07. The first-order valence-corrected chi connectivity index (χ1v) is 15.3. The molecule has 2 aromatic rings. The van der Waals surface area contributed by atoms with Crippen molar-refractivity contribution in [3.8, 4) is 0 Å². The van der Waals surface area contributed by atoms with Gasteiger partial charge in [0.25, 0.3) is 5.91 Å². The van der Waals surface area contributed by atoms with E-state index in [-0.39, 0.29) is 23.8 Å². The lowest BCUT2D eigenvalue weighted by atomic mass is 9.92. The predicted octanol–water partition coefficient (Wildman–Crippen LogP) is 4.28. The summed E-state index contributed by atoms with van der Waals surface area (Å²) in [5.74, 6) is -1.63. The van der Waals surface area contributed by atoms with Crippen LogP contribution in [0.25, 0.3) is 0 Å². The fourth-order valence-corrected chi connectivity index (χ4v) is 5.50. The molecule has 0 radical (unpaired) electrons. The lowest BCUT2D eigenvalue weighted by molar-refractivity contribution is -0.137. The number of carboxylic acid groups (broad SMARTS) is 1. The van der Waals surface area contributed by atoms with Crippen molar-refractivity contribution in [2.24, 2.45) is 5.41 Å². The van der Waals surface area contributed by atoms with Crippen molar-refractivity contribution < 1.29 is 29.0 Å². The molecule has 2 aromatic carbocycles. The number of aryl methyl sites for hydroxylation is 1. The maximum Gasteiger partial charge on any atom is 0.320 e. The quantitative estimate of drug-likeness (QED) is 0.408. The molecule has 238 valence electrons. The van der Waals surface area contributed by atoms with Gasteiger partial charge in [-0.05, 0) is 42.5 Å². The molecule has 11 heteroatoms. The lowest BCUT2D eigenvalue weighted by Gasteiger charge is -2.32. The Kier molecular flexibility index (Phi) is 10.9. The number of carbonyl (C=O) groups excluding carboxylic acids is 3. The molecule has 0 saturated carbocycles. The number of hydrogen-bond donors (Lipinski definition) is 3. The van der Waals surface area contributed by atoms with Crippen LogP contribution in [0.2, 0.25) is 0 Å². The van der Waals surface area contributed by atoms with E-state index in [0.29, 0.717) is 75.7 Å². The van der Waals surface area contributed by atoms with Crippen LogP contribution >= 0.6 is 0 Å². The number of carboxylic acids is 1. The smallest absolute Gasteiger partial charge is 0.320 e. The van der Waals surface area contributed by atoms with E-state index >= 15 is 0 Å². The van der Waals surface area contributed by atoms with Crippen molar-refractivity contribution in [2.75, 3.05) is 62.7 Å². The average molecular weight is 608 g/mol. The Bertz CT molecular complexity index is 1330. The predicted molar refractivity (Wildman–Crippen MR) is 169 cm³/mol. The number of aliphatic carboxylic acids is 1. The molecule has 0 aromatic heterocycles. The van der Waals surface area contributed by atoms with Gasteiger partial charge in [0.15, 0.2) is 0 Å². The Morgan fingerprint density at radius 3 is 2.25 bits per heavy atom. The second kappa shape index (κ2) is 14.6. The molecule has 2 heterocycles. The fourth-order valence-electron chi connectivity index (χ4n) is 5.50. The number of rotatable bonds is 8. The second-order valence-electron chi connectivity index (χ2n) is 12.8. The molecule has 11 nitrogen and oxygen atoms in total. The van der Waals surface area contributed by atoms with E-state index in [1.807, 2.05) is 67.8 Å². The first-order chi connectivity index (χ1) is 20.9. The summed E-state index contributed by atoms with van der Waals surface area (Å²) in [6, 6.07) is 11.9. The van der Waals surface area contributed by atoms with Gasteiger partial charge >= 0.3 is 12.0 Å². The number of nitrogens with one attached hydrogen (secondary N) is 2. The highest BCUT2D eigenvalue weighted by molar-refractivity contribution is 6.00. The summed E-state index contributed by atoms with van der Waals surface area (Å²) < 4.78 is 5.39. The number of ether oxygens (including phenoxy) is 1. The maximum absolute atomic E-state index is 13.5. The van der Waals surface area contributed by atoms with Crippen molar-refractivity contribution in [2.45, 2.75) is 53.0 Å². The molecule has 2 aliphatic heterocycles. The van der Waals surface area contributed by atoms with Gasteiger partial charge in [0.05, 0.1) is 37.1 Å². The first-order valence-electron chi connectivity index (χ1n) is 15.3. The van der Waals surface area contributed by atoms with E-state index in [0.717, 1.165) is 17.7 Å². The van der Waals surface area contributed by atoms with Gasteiger partial charge in [0.1, 0.15) is 0 Å². The third-order valence-corrected chi connectivity index (χ3v) is 7.78. The largest absolute Gasteiger partial charge is 0.481 e. The topological polar surface area (TPSA) is 132 Å². The van der Waals surface area contributed by atoms with Crippen molar-refractivity contribution >= 4 is 35.2 Å². The van der Waals surface area contributed by atoms with Crippen molar-refractivity contribution in [1.82, 2.24) is 15.1 Å². The lowest BCUT2D eigenvalue weighted by Crippen LogP contribution is -2.49. The second-order valence-corrected chi connectivity index (χ2v) is 12.8. The molecule has 4 rings (SSSR count). The van der Waals surface area contributed by atoms with Crippen LogP contribution in [-0.4, -0.2) is 91.2 Å². The molecule has 0 spiro atoms. The summed E-state index contributed by atoms with van der Waals surface area (Å²) in [7, 11) is 0. The van der Waals surface area contributed by atoms with Crippen molar-refractivity contribution in [3.63, 3.8) is 0 Å². The van der Waals surface area contributed by atoms with Crippen molar-refractivity contribution in [1.29, 1.82) is 0 Å². The molecule has 1 unspecified atom stereocenters. The summed E-state index contributed by atoms with van der Waals surface area (Å²) in [6.07, 6.45) is 0.773. The minimum atomic E-state index is -1.02. The van der Waals surface area contributed by atoms with Crippen molar-refractivity contribution in [3.05, 3.63) is 59.2 Å². The van der Waals surface area contributed by atoms with Crippen LogP contribution in [0.1, 0.15) is 67.6 Å². The molecule has 2 saturated heterocycles. The molecule has 0 bridgehead atoms. The van der Waals surface area contributed by atoms with Gasteiger partial charge in [0, 0.05) is 51.3 Å². The van der Waals surface area contributed by atoms with Gasteiger partial charge in [-0.15, -0.1) is 0 Å². The average Bonchev–Trinajstić information content (AvgIpc) is 3.22. The Morgan fingerprint density at radius 2 is 1.59 bits per heavy atom. The van der Waals surface area contributed by atoms with E-state index in [4.69, 9.17) is 4.74 Å². The molecule has 3 N–H and O–H groups in total. The summed E-state index contributed by atoms with van der Waals surface area (Å²) in [5, 5.41) is 15.4. The third kappa shape index (κ3) is 9.19. The Labute approximate surface area is 259 Å². The molecule has 1 atom stereocenters. The van der Waals surface area contributed by atoms with Crippen LogP contribution in [0, 0.1) is 12.3 Å². The van der Waals surface area contributed by atoms with E-state index < -0.39 is 17.9 Å². The highest BCUT2D eigenvalue weighted by atomic mass is 16.5. The van der Waals surface area contributed by atoms with Crippen LogP contribution in [0.5, 0.6) is 0 Å². The number of amides is 4.